The van der Waals surface area contributed by atoms with Crippen LogP contribution in [0.5, 0.6) is 5.75 Å². The Morgan fingerprint density at radius 3 is 2.53 bits per heavy atom. The number of nitrogens with one attached hydrogen (secondary N) is 1. The quantitative estimate of drug-likeness (QED) is 0.296. The summed E-state index contributed by atoms with van der Waals surface area (Å²) in [5.41, 5.74) is 2.70. The highest BCUT2D eigenvalue weighted by Crippen LogP contribution is 2.25. The highest BCUT2D eigenvalue weighted by Gasteiger charge is 2.18. The van der Waals surface area contributed by atoms with Crippen LogP contribution < -0.4 is 14.9 Å². The molecule has 0 atom stereocenters. The zero-order valence-electron chi connectivity index (χ0n) is 19.5. The summed E-state index contributed by atoms with van der Waals surface area (Å²) in [6, 6.07) is 25.0. The molecule has 0 radical (unpaired) electrons. The van der Waals surface area contributed by atoms with E-state index in [2.05, 4.69) is 15.5 Å². The molecule has 36 heavy (non-hydrogen) atoms. The summed E-state index contributed by atoms with van der Waals surface area (Å²) in [6.07, 6.45) is 0. The third-order valence-corrected chi connectivity index (χ3v) is 7.46. The van der Waals surface area contributed by atoms with Gasteiger partial charge in [-0.1, -0.05) is 65.6 Å². The first-order valence-electron chi connectivity index (χ1n) is 11.2. The number of nitrogens with zero attached hydrogens (tertiary/aromatic N) is 4. The van der Waals surface area contributed by atoms with Crippen molar-refractivity contribution in [1.82, 2.24) is 24.6 Å². The van der Waals surface area contributed by atoms with Crippen LogP contribution >= 0.6 is 23.1 Å². The number of hydrogen-bond donors (Lipinski definition) is 1. The van der Waals surface area contributed by atoms with Gasteiger partial charge in [0.1, 0.15) is 5.75 Å². The smallest absolute Gasteiger partial charge is 0.308 e. The van der Waals surface area contributed by atoms with E-state index in [1.807, 2.05) is 83.4 Å². The SMILES string of the molecule is COc1ccc(-n2c(Cn3c(=O)sc4ccccc43)nnc2SCC(=O)NCc2ccccc2)cc1. The monoisotopic (exact) mass is 517 g/mol. The molecule has 5 rings (SSSR count). The number of amides is 1. The van der Waals surface area contributed by atoms with Gasteiger partial charge in [0.2, 0.25) is 5.91 Å². The van der Waals surface area contributed by atoms with Crippen LogP contribution in [0.1, 0.15) is 11.4 Å². The summed E-state index contributed by atoms with van der Waals surface area (Å²) in [4.78, 5) is 25.2. The van der Waals surface area contributed by atoms with Gasteiger partial charge in [-0.3, -0.25) is 18.7 Å². The molecule has 10 heteroatoms. The topological polar surface area (TPSA) is 91.0 Å². The Balaban J connectivity index is 1.40. The Labute approximate surface area is 215 Å². The molecule has 0 saturated heterocycles. The Hall–Kier alpha value is -3.89. The molecule has 0 fully saturated rings. The highest BCUT2D eigenvalue weighted by molar-refractivity contribution is 7.99. The number of methoxy groups -OCH3 is 1. The van der Waals surface area contributed by atoms with Crippen LogP contribution in [-0.4, -0.2) is 38.1 Å². The van der Waals surface area contributed by atoms with E-state index in [1.54, 1.807) is 11.7 Å². The molecule has 0 saturated carbocycles. The Morgan fingerprint density at radius 2 is 1.75 bits per heavy atom. The number of ether oxygens (including phenoxy) is 1. The molecule has 0 bridgehead atoms. The molecule has 182 valence electrons. The normalized spacial score (nSPS) is 11.0. The molecule has 0 unspecified atom stereocenters. The van der Waals surface area contributed by atoms with Crippen LogP contribution in [0.15, 0.2) is 88.8 Å². The Bertz CT molecular complexity index is 1540. The van der Waals surface area contributed by atoms with Gasteiger partial charge in [0.15, 0.2) is 11.0 Å². The fourth-order valence-corrected chi connectivity index (χ4v) is 5.46. The lowest BCUT2D eigenvalue weighted by Gasteiger charge is -2.12. The van der Waals surface area contributed by atoms with Crippen LogP contribution in [0.25, 0.3) is 15.9 Å². The summed E-state index contributed by atoms with van der Waals surface area (Å²) >= 11 is 2.50. The number of carbonyl (C=O) groups is 1. The molecular weight excluding hydrogens is 494 g/mol. The van der Waals surface area contributed by atoms with Gasteiger partial charge >= 0.3 is 4.87 Å². The number of para-hydroxylation sites is 1. The van der Waals surface area contributed by atoms with Crippen molar-refractivity contribution in [3.05, 3.63) is 99.9 Å². The highest BCUT2D eigenvalue weighted by atomic mass is 32.2. The van der Waals surface area contributed by atoms with E-state index in [-0.39, 0.29) is 23.1 Å². The predicted octanol–water partition coefficient (Wildman–Crippen LogP) is 4.11. The number of hydrogen-bond acceptors (Lipinski definition) is 7. The summed E-state index contributed by atoms with van der Waals surface area (Å²) in [7, 11) is 1.61. The second kappa shape index (κ2) is 10.8. The fourth-order valence-electron chi connectivity index (χ4n) is 3.77. The van der Waals surface area contributed by atoms with Crippen molar-refractivity contribution in [1.29, 1.82) is 0 Å². The minimum Gasteiger partial charge on any atom is -0.497 e. The van der Waals surface area contributed by atoms with E-state index < -0.39 is 0 Å². The molecule has 8 nitrogen and oxygen atoms in total. The molecule has 0 aliphatic rings. The van der Waals surface area contributed by atoms with Gasteiger partial charge in [-0.05, 0) is 42.0 Å². The number of carbonyl (C=O) groups excluding carboxylic acids is 1. The van der Waals surface area contributed by atoms with Crippen molar-refractivity contribution in [2.75, 3.05) is 12.9 Å². The maximum Gasteiger partial charge on any atom is 0.308 e. The van der Waals surface area contributed by atoms with Crippen molar-refractivity contribution >= 4 is 39.2 Å². The van der Waals surface area contributed by atoms with Crippen molar-refractivity contribution in [3.63, 3.8) is 0 Å². The van der Waals surface area contributed by atoms with Gasteiger partial charge < -0.3 is 10.1 Å². The number of thiazole rings is 1. The molecule has 2 heterocycles. The summed E-state index contributed by atoms with van der Waals surface area (Å²) in [6.45, 7) is 0.716. The lowest BCUT2D eigenvalue weighted by molar-refractivity contribution is -0.118. The largest absolute Gasteiger partial charge is 0.497 e. The zero-order valence-corrected chi connectivity index (χ0v) is 21.1. The first kappa shape index (κ1) is 23.8. The molecule has 2 aromatic heterocycles. The zero-order chi connectivity index (χ0) is 24.9. The van der Waals surface area contributed by atoms with Crippen LogP contribution in [0, 0.1) is 0 Å². The predicted molar refractivity (Wildman–Crippen MR) is 142 cm³/mol. The van der Waals surface area contributed by atoms with Crippen molar-refractivity contribution in [2.24, 2.45) is 0 Å². The van der Waals surface area contributed by atoms with E-state index in [0.717, 1.165) is 27.2 Å². The lowest BCUT2D eigenvalue weighted by atomic mass is 10.2. The van der Waals surface area contributed by atoms with Gasteiger partial charge in [-0.15, -0.1) is 10.2 Å². The van der Waals surface area contributed by atoms with Gasteiger partial charge in [0.05, 0.1) is 29.6 Å². The van der Waals surface area contributed by atoms with Gasteiger partial charge in [0, 0.05) is 12.2 Å². The molecule has 0 aliphatic carbocycles. The van der Waals surface area contributed by atoms with Crippen molar-refractivity contribution in [3.8, 4) is 11.4 Å². The summed E-state index contributed by atoms with van der Waals surface area (Å²) < 4.78 is 9.80. The summed E-state index contributed by atoms with van der Waals surface area (Å²) in [5, 5.41) is 12.3. The molecule has 0 aliphatic heterocycles. The molecular formula is C26H23N5O3S2. The fraction of sp³-hybridized carbons (Fsp3) is 0.154. The molecule has 3 aromatic carbocycles. The van der Waals surface area contributed by atoms with Gasteiger partial charge in [-0.2, -0.15) is 0 Å². The van der Waals surface area contributed by atoms with E-state index in [9.17, 15) is 9.59 Å². The number of aromatic nitrogens is 4. The minimum atomic E-state index is -0.102. The maximum atomic E-state index is 12.7. The van der Waals surface area contributed by atoms with Crippen LogP contribution in [0.2, 0.25) is 0 Å². The molecule has 0 spiro atoms. The maximum absolute atomic E-state index is 12.7. The first-order chi connectivity index (χ1) is 17.6. The molecule has 5 aromatic rings. The number of fused-ring (bicyclic) bond motifs is 1. The lowest BCUT2D eigenvalue weighted by Crippen LogP contribution is -2.24. The van der Waals surface area contributed by atoms with Crippen LogP contribution in [0.4, 0.5) is 0 Å². The van der Waals surface area contributed by atoms with Gasteiger partial charge in [-0.25, -0.2) is 0 Å². The van der Waals surface area contributed by atoms with Gasteiger partial charge in [0.25, 0.3) is 0 Å². The van der Waals surface area contributed by atoms with E-state index in [0.29, 0.717) is 17.5 Å². The third kappa shape index (κ3) is 5.19. The Kier molecular flexibility index (Phi) is 7.15. The average molecular weight is 518 g/mol. The van der Waals surface area contributed by atoms with Crippen molar-refractivity contribution < 1.29 is 9.53 Å². The van der Waals surface area contributed by atoms with E-state index >= 15 is 0 Å². The van der Waals surface area contributed by atoms with Crippen molar-refractivity contribution in [2.45, 2.75) is 18.2 Å². The van der Waals surface area contributed by atoms with Crippen LogP contribution in [0.3, 0.4) is 0 Å². The van der Waals surface area contributed by atoms with E-state index in [1.165, 1.54) is 23.1 Å². The third-order valence-electron chi connectivity index (χ3n) is 5.57. The number of benzene rings is 3. The molecule has 1 N–H and O–H groups in total. The second-order valence-corrected chi connectivity index (χ2v) is 9.84. The Morgan fingerprint density at radius 1 is 1.00 bits per heavy atom. The molecule has 1 amide bonds. The first-order valence-corrected chi connectivity index (χ1v) is 13.0. The standard InChI is InChI=1S/C26H23N5O3S2/c1-34-20-13-11-19(12-14-20)31-23(16-30-21-9-5-6-10-22(21)36-26(30)33)28-29-25(31)35-17-24(32)27-15-18-7-3-2-4-8-18/h2-14H,15-17H2,1H3,(H,27,32). The number of rotatable bonds is 9. The average Bonchev–Trinajstić information content (AvgIpc) is 3.47. The number of thioether (sulfide) groups is 1. The van der Waals surface area contributed by atoms with Crippen LogP contribution in [-0.2, 0) is 17.9 Å². The second-order valence-electron chi connectivity index (χ2n) is 7.91. The van der Waals surface area contributed by atoms with E-state index in [4.69, 9.17) is 4.74 Å². The summed E-state index contributed by atoms with van der Waals surface area (Å²) in [5.74, 6) is 1.40. The minimum absolute atomic E-state index is 0.0602.